The predicted molar refractivity (Wildman–Crippen MR) is 59.5 cm³/mol. The molecule has 2 rings (SSSR count). The van der Waals surface area contributed by atoms with Crippen molar-refractivity contribution in [1.82, 2.24) is 10.5 Å². The highest BCUT2D eigenvalue weighted by Gasteiger charge is 2.12. The zero-order chi connectivity index (χ0) is 10.5. The predicted octanol–water partition coefficient (Wildman–Crippen LogP) is 2.65. The molecule has 0 unspecified atom stereocenters. The largest absolute Gasteiger partial charge is 0.361 e. The Morgan fingerprint density at radius 3 is 2.87 bits per heavy atom. The van der Waals surface area contributed by atoms with Gasteiger partial charge in [-0.15, -0.1) is 0 Å². The topological polar surface area (TPSA) is 38.1 Å². The van der Waals surface area contributed by atoms with Crippen LogP contribution in [0.15, 0.2) is 10.6 Å². The minimum atomic E-state index is 0.841. The summed E-state index contributed by atoms with van der Waals surface area (Å²) in [6.07, 6.45) is 7.04. The van der Waals surface area contributed by atoms with E-state index in [1.54, 1.807) is 0 Å². The Hall–Kier alpha value is -0.830. The Morgan fingerprint density at radius 1 is 1.40 bits per heavy atom. The van der Waals surface area contributed by atoms with Gasteiger partial charge in [-0.3, -0.25) is 0 Å². The Labute approximate surface area is 91.2 Å². The highest BCUT2D eigenvalue weighted by molar-refractivity contribution is 5.02. The van der Waals surface area contributed by atoms with E-state index in [1.807, 2.05) is 13.0 Å². The van der Waals surface area contributed by atoms with E-state index in [1.165, 1.54) is 32.1 Å². The average Bonchev–Trinajstić information content (AvgIpc) is 2.66. The molecule has 0 atom stereocenters. The summed E-state index contributed by atoms with van der Waals surface area (Å²) >= 11 is 0. The molecule has 0 amide bonds. The summed E-state index contributed by atoms with van der Waals surface area (Å²) in [5, 5.41) is 7.42. The lowest BCUT2D eigenvalue weighted by molar-refractivity contribution is 0.338. The van der Waals surface area contributed by atoms with Gasteiger partial charge in [-0.25, -0.2) is 0 Å². The fourth-order valence-electron chi connectivity index (χ4n) is 2.30. The van der Waals surface area contributed by atoms with Crippen molar-refractivity contribution >= 4 is 0 Å². The first kappa shape index (κ1) is 10.7. The number of rotatable bonds is 4. The molecule has 3 heteroatoms. The van der Waals surface area contributed by atoms with Gasteiger partial charge in [0.05, 0.1) is 5.69 Å². The SMILES string of the molecule is Cc1cc(CNCC2CCCCC2)no1. The molecule has 1 aliphatic carbocycles. The van der Waals surface area contributed by atoms with Gasteiger partial charge >= 0.3 is 0 Å². The van der Waals surface area contributed by atoms with E-state index in [0.29, 0.717) is 0 Å². The number of hydrogen-bond acceptors (Lipinski definition) is 3. The molecule has 1 heterocycles. The van der Waals surface area contributed by atoms with E-state index in [9.17, 15) is 0 Å². The summed E-state index contributed by atoms with van der Waals surface area (Å²) < 4.78 is 5.02. The molecule has 1 aromatic heterocycles. The Kier molecular flexibility index (Phi) is 3.78. The highest BCUT2D eigenvalue weighted by Crippen LogP contribution is 2.22. The lowest BCUT2D eigenvalue weighted by Crippen LogP contribution is -2.24. The molecule has 1 saturated carbocycles. The van der Waals surface area contributed by atoms with Gasteiger partial charge in [0, 0.05) is 12.6 Å². The summed E-state index contributed by atoms with van der Waals surface area (Å²) in [4.78, 5) is 0. The summed E-state index contributed by atoms with van der Waals surface area (Å²) in [6.45, 7) is 3.90. The first-order valence-corrected chi connectivity index (χ1v) is 5.97. The van der Waals surface area contributed by atoms with E-state index >= 15 is 0 Å². The molecule has 3 nitrogen and oxygen atoms in total. The van der Waals surface area contributed by atoms with Crippen LogP contribution in [0.4, 0.5) is 0 Å². The number of aryl methyl sites for hydroxylation is 1. The fraction of sp³-hybridized carbons (Fsp3) is 0.750. The molecule has 1 aromatic rings. The third-order valence-electron chi connectivity index (χ3n) is 3.14. The zero-order valence-corrected chi connectivity index (χ0v) is 9.46. The van der Waals surface area contributed by atoms with E-state index < -0.39 is 0 Å². The number of nitrogens with zero attached hydrogens (tertiary/aromatic N) is 1. The van der Waals surface area contributed by atoms with Gasteiger partial charge in [0.1, 0.15) is 5.76 Å². The maximum Gasteiger partial charge on any atom is 0.133 e. The highest BCUT2D eigenvalue weighted by atomic mass is 16.5. The molecule has 1 aliphatic rings. The maximum absolute atomic E-state index is 5.02. The molecule has 15 heavy (non-hydrogen) atoms. The third kappa shape index (κ3) is 3.34. The van der Waals surface area contributed by atoms with Crippen molar-refractivity contribution in [3.8, 4) is 0 Å². The molecule has 0 spiro atoms. The Morgan fingerprint density at radius 2 is 2.20 bits per heavy atom. The van der Waals surface area contributed by atoms with Crippen LogP contribution in [0, 0.1) is 12.8 Å². The van der Waals surface area contributed by atoms with Gasteiger partial charge in [-0.05, 0) is 32.2 Å². The number of hydrogen-bond donors (Lipinski definition) is 1. The average molecular weight is 208 g/mol. The molecule has 0 saturated heterocycles. The van der Waals surface area contributed by atoms with Crippen LogP contribution in [-0.2, 0) is 6.54 Å². The quantitative estimate of drug-likeness (QED) is 0.826. The fourth-order valence-corrected chi connectivity index (χ4v) is 2.30. The van der Waals surface area contributed by atoms with Crippen molar-refractivity contribution in [2.24, 2.45) is 5.92 Å². The molecule has 84 valence electrons. The van der Waals surface area contributed by atoms with Crippen molar-refractivity contribution in [1.29, 1.82) is 0 Å². The van der Waals surface area contributed by atoms with Crippen LogP contribution < -0.4 is 5.32 Å². The summed E-state index contributed by atoms with van der Waals surface area (Å²) in [7, 11) is 0. The molecular formula is C12H20N2O. The van der Waals surface area contributed by atoms with Crippen LogP contribution in [0.1, 0.15) is 43.6 Å². The van der Waals surface area contributed by atoms with Crippen molar-refractivity contribution in [3.05, 3.63) is 17.5 Å². The van der Waals surface area contributed by atoms with Crippen LogP contribution in [0.2, 0.25) is 0 Å². The van der Waals surface area contributed by atoms with Gasteiger partial charge in [-0.1, -0.05) is 24.4 Å². The smallest absolute Gasteiger partial charge is 0.133 e. The van der Waals surface area contributed by atoms with Gasteiger partial charge in [-0.2, -0.15) is 0 Å². The van der Waals surface area contributed by atoms with Crippen LogP contribution >= 0.6 is 0 Å². The minimum Gasteiger partial charge on any atom is -0.361 e. The Balaban J connectivity index is 1.65. The summed E-state index contributed by atoms with van der Waals surface area (Å²) in [6, 6.07) is 1.99. The molecule has 0 aliphatic heterocycles. The van der Waals surface area contributed by atoms with Crippen LogP contribution in [0.3, 0.4) is 0 Å². The lowest BCUT2D eigenvalue weighted by atomic mass is 9.89. The normalized spacial score (nSPS) is 18.2. The van der Waals surface area contributed by atoms with Crippen LogP contribution in [0.25, 0.3) is 0 Å². The minimum absolute atomic E-state index is 0.841. The standard InChI is InChI=1S/C12H20N2O/c1-10-7-12(14-15-10)9-13-8-11-5-3-2-4-6-11/h7,11,13H,2-6,8-9H2,1H3. The van der Waals surface area contributed by atoms with E-state index in [0.717, 1.165) is 30.5 Å². The van der Waals surface area contributed by atoms with Crippen molar-refractivity contribution in [3.63, 3.8) is 0 Å². The van der Waals surface area contributed by atoms with Crippen LogP contribution in [0.5, 0.6) is 0 Å². The van der Waals surface area contributed by atoms with Crippen molar-refractivity contribution < 1.29 is 4.52 Å². The second-order valence-electron chi connectivity index (χ2n) is 4.56. The van der Waals surface area contributed by atoms with Gasteiger partial charge in [0.15, 0.2) is 0 Å². The molecular weight excluding hydrogens is 188 g/mol. The zero-order valence-electron chi connectivity index (χ0n) is 9.46. The van der Waals surface area contributed by atoms with Crippen molar-refractivity contribution in [2.75, 3.05) is 6.54 Å². The van der Waals surface area contributed by atoms with Gasteiger partial charge < -0.3 is 9.84 Å². The maximum atomic E-state index is 5.02. The first-order chi connectivity index (χ1) is 7.34. The summed E-state index contributed by atoms with van der Waals surface area (Å²) in [5.74, 6) is 1.77. The van der Waals surface area contributed by atoms with E-state index in [-0.39, 0.29) is 0 Å². The van der Waals surface area contributed by atoms with Crippen molar-refractivity contribution in [2.45, 2.75) is 45.6 Å². The molecule has 0 bridgehead atoms. The third-order valence-corrected chi connectivity index (χ3v) is 3.14. The first-order valence-electron chi connectivity index (χ1n) is 5.97. The Bertz CT molecular complexity index is 290. The summed E-state index contributed by atoms with van der Waals surface area (Å²) in [5.41, 5.74) is 1.02. The van der Waals surface area contributed by atoms with Gasteiger partial charge in [0.2, 0.25) is 0 Å². The molecule has 0 radical (unpaired) electrons. The molecule has 1 N–H and O–H groups in total. The molecule has 0 aromatic carbocycles. The van der Waals surface area contributed by atoms with E-state index in [4.69, 9.17) is 4.52 Å². The monoisotopic (exact) mass is 208 g/mol. The van der Waals surface area contributed by atoms with Gasteiger partial charge in [0.25, 0.3) is 0 Å². The second kappa shape index (κ2) is 5.31. The number of aromatic nitrogens is 1. The lowest BCUT2D eigenvalue weighted by Gasteiger charge is -2.21. The van der Waals surface area contributed by atoms with E-state index in [2.05, 4.69) is 10.5 Å². The second-order valence-corrected chi connectivity index (χ2v) is 4.56. The van der Waals surface area contributed by atoms with Crippen LogP contribution in [-0.4, -0.2) is 11.7 Å². The molecule has 1 fully saturated rings. The number of nitrogens with one attached hydrogen (secondary N) is 1.